The Morgan fingerprint density at radius 2 is 1.73 bits per heavy atom. The van der Waals surface area contributed by atoms with Crippen molar-refractivity contribution in [3.05, 3.63) is 64.1 Å². The molecule has 7 heteroatoms. The summed E-state index contributed by atoms with van der Waals surface area (Å²) in [6.07, 6.45) is 4.74. The van der Waals surface area contributed by atoms with E-state index >= 15 is 0 Å². The van der Waals surface area contributed by atoms with Gasteiger partial charge in [-0.2, -0.15) is 0 Å². The maximum Gasteiger partial charge on any atom is 0.323 e. The highest BCUT2D eigenvalue weighted by Crippen LogP contribution is 2.23. The van der Waals surface area contributed by atoms with Gasteiger partial charge in [-0.15, -0.1) is 0 Å². The highest BCUT2D eigenvalue weighted by atomic mass is 16.5. The summed E-state index contributed by atoms with van der Waals surface area (Å²) in [6.45, 7) is 1.93. The molecule has 0 radical (unpaired) electrons. The smallest absolute Gasteiger partial charge is 0.323 e. The zero-order valence-corrected chi connectivity index (χ0v) is 17.1. The number of carbonyl (C=O) groups is 1. The van der Waals surface area contributed by atoms with E-state index in [2.05, 4.69) is 27.4 Å². The van der Waals surface area contributed by atoms with Gasteiger partial charge in [-0.1, -0.05) is 42.8 Å². The van der Waals surface area contributed by atoms with Crippen molar-refractivity contribution in [2.45, 2.75) is 38.5 Å². The Labute approximate surface area is 175 Å². The molecule has 4 N–H and O–H groups in total. The molecule has 1 aromatic heterocycles. The molecule has 0 fully saturated rings. The molecule has 0 aliphatic heterocycles. The SMILES string of the molecule is O=C(CCCCCOCCc1ccccc1)NCCc1ccc(O)c2[nH]c(=O)[nH]c12. The Hall–Kier alpha value is -3.06. The predicted molar refractivity (Wildman–Crippen MR) is 117 cm³/mol. The molecule has 7 nitrogen and oxygen atoms in total. The zero-order chi connectivity index (χ0) is 21.2. The standard InChI is InChI=1S/C23H29N3O4/c27-19-11-10-18(21-22(19)26-23(29)25-21)12-14-24-20(28)9-5-2-6-15-30-16-13-17-7-3-1-4-8-17/h1,3-4,7-8,10-11,27H,2,5-6,9,12-16H2,(H,24,28)(H2,25,26,29). The predicted octanol–water partition coefficient (Wildman–Crippen LogP) is 3.04. The summed E-state index contributed by atoms with van der Waals surface area (Å²) in [4.78, 5) is 28.7. The first-order valence-electron chi connectivity index (χ1n) is 10.4. The lowest BCUT2D eigenvalue weighted by Gasteiger charge is -2.07. The molecule has 3 rings (SSSR count). The number of H-pyrrole nitrogens is 2. The first-order chi connectivity index (χ1) is 14.6. The van der Waals surface area contributed by atoms with E-state index in [1.165, 1.54) is 5.56 Å². The maximum absolute atomic E-state index is 12.0. The molecule has 0 unspecified atom stereocenters. The van der Waals surface area contributed by atoms with Crippen LogP contribution < -0.4 is 11.0 Å². The number of ether oxygens (including phenoxy) is 1. The summed E-state index contributed by atoms with van der Waals surface area (Å²) in [6, 6.07) is 13.6. The highest BCUT2D eigenvalue weighted by molar-refractivity contribution is 5.84. The van der Waals surface area contributed by atoms with Gasteiger partial charge < -0.3 is 25.1 Å². The molecule has 30 heavy (non-hydrogen) atoms. The van der Waals surface area contributed by atoms with E-state index in [-0.39, 0.29) is 17.3 Å². The summed E-state index contributed by atoms with van der Waals surface area (Å²) in [5.74, 6) is 0.0535. The van der Waals surface area contributed by atoms with Crippen LogP contribution >= 0.6 is 0 Å². The summed E-state index contributed by atoms with van der Waals surface area (Å²) < 4.78 is 5.66. The van der Waals surface area contributed by atoms with E-state index < -0.39 is 0 Å². The van der Waals surface area contributed by atoms with E-state index in [9.17, 15) is 14.7 Å². The van der Waals surface area contributed by atoms with E-state index in [0.29, 0.717) is 30.4 Å². The molecule has 0 spiro atoms. The normalized spacial score (nSPS) is 11.1. The van der Waals surface area contributed by atoms with Crippen molar-refractivity contribution in [2.24, 2.45) is 0 Å². The summed E-state index contributed by atoms with van der Waals surface area (Å²) >= 11 is 0. The molecular weight excluding hydrogens is 382 g/mol. The van der Waals surface area contributed by atoms with Gasteiger partial charge in [-0.3, -0.25) is 4.79 Å². The van der Waals surface area contributed by atoms with Crippen molar-refractivity contribution >= 4 is 16.9 Å². The van der Waals surface area contributed by atoms with Crippen LogP contribution in [0.3, 0.4) is 0 Å². The number of amides is 1. The molecule has 1 heterocycles. The quantitative estimate of drug-likeness (QED) is 0.344. The number of phenols is 1. The number of aromatic amines is 2. The van der Waals surface area contributed by atoms with Gasteiger partial charge >= 0.3 is 5.69 Å². The van der Waals surface area contributed by atoms with Crippen LogP contribution in [0.2, 0.25) is 0 Å². The number of fused-ring (bicyclic) bond motifs is 1. The molecule has 3 aromatic rings. The van der Waals surface area contributed by atoms with Crippen molar-refractivity contribution in [2.75, 3.05) is 19.8 Å². The number of hydrogen-bond acceptors (Lipinski definition) is 4. The molecule has 0 aliphatic rings. The van der Waals surface area contributed by atoms with Gasteiger partial charge in [0.2, 0.25) is 5.91 Å². The molecule has 0 saturated carbocycles. The third-order valence-electron chi connectivity index (χ3n) is 5.03. The van der Waals surface area contributed by atoms with Gasteiger partial charge in [0, 0.05) is 19.6 Å². The number of benzene rings is 2. The van der Waals surface area contributed by atoms with Gasteiger partial charge in [-0.25, -0.2) is 4.79 Å². The number of rotatable bonds is 12. The molecule has 0 saturated heterocycles. The number of imidazole rings is 1. The van der Waals surface area contributed by atoms with Crippen molar-refractivity contribution < 1.29 is 14.6 Å². The number of aromatic hydroxyl groups is 1. The van der Waals surface area contributed by atoms with E-state index in [0.717, 1.165) is 44.5 Å². The minimum Gasteiger partial charge on any atom is -0.506 e. The van der Waals surface area contributed by atoms with Crippen LogP contribution in [-0.2, 0) is 22.4 Å². The minimum absolute atomic E-state index is 0.0255. The molecule has 0 aliphatic carbocycles. The topological polar surface area (TPSA) is 107 Å². The Balaban J connectivity index is 1.24. The molecule has 1 amide bonds. The van der Waals surface area contributed by atoms with Crippen molar-refractivity contribution in [3.63, 3.8) is 0 Å². The lowest BCUT2D eigenvalue weighted by Crippen LogP contribution is -2.25. The van der Waals surface area contributed by atoms with Crippen LogP contribution in [0.5, 0.6) is 5.75 Å². The van der Waals surface area contributed by atoms with Crippen LogP contribution in [-0.4, -0.2) is 40.7 Å². The average molecular weight is 412 g/mol. The van der Waals surface area contributed by atoms with Crippen molar-refractivity contribution in [1.29, 1.82) is 0 Å². The number of phenolic OH excluding ortho intramolecular Hbond substituents is 1. The van der Waals surface area contributed by atoms with Gasteiger partial charge in [0.1, 0.15) is 11.3 Å². The second kappa shape index (κ2) is 11.2. The number of unbranched alkanes of at least 4 members (excludes halogenated alkanes) is 2. The summed E-state index contributed by atoms with van der Waals surface area (Å²) in [7, 11) is 0. The Morgan fingerprint density at radius 1 is 0.933 bits per heavy atom. The number of aromatic nitrogens is 2. The summed E-state index contributed by atoms with van der Waals surface area (Å²) in [5, 5.41) is 12.7. The fourth-order valence-corrected chi connectivity index (χ4v) is 3.40. The van der Waals surface area contributed by atoms with Gasteiger partial charge in [-0.05, 0) is 42.9 Å². The van der Waals surface area contributed by atoms with Crippen LogP contribution in [0.25, 0.3) is 11.0 Å². The monoisotopic (exact) mass is 411 g/mol. The first-order valence-corrected chi connectivity index (χ1v) is 10.4. The fourth-order valence-electron chi connectivity index (χ4n) is 3.40. The van der Waals surface area contributed by atoms with Gasteiger partial charge in [0.15, 0.2) is 0 Å². The van der Waals surface area contributed by atoms with E-state index in [4.69, 9.17) is 4.74 Å². The molecule has 160 valence electrons. The third kappa shape index (κ3) is 6.49. The number of nitrogens with one attached hydrogen (secondary N) is 3. The fraction of sp³-hybridized carbons (Fsp3) is 0.391. The maximum atomic E-state index is 12.0. The van der Waals surface area contributed by atoms with Gasteiger partial charge in [0.25, 0.3) is 0 Å². The molecule has 0 bridgehead atoms. The summed E-state index contributed by atoms with van der Waals surface area (Å²) in [5.41, 5.74) is 2.77. The molecule has 0 atom stereocenters. The zero-order valence-electron chi connectivity index (χ0n) is 17.1. The second-order valence-corrected chi connectivity index (χ2v) is 7.33. The largest absolute Gasteiger partial charge is 0.506 e. The van der Waals surface area contributed by atoms with E-state index in [1.807, 2.05) is 18.2 Å². The van der Waals surface area contributed by atoms with Crippen LogP contribution in [0.15, 0.2) is 47.3 Å². The van der Waals surface area contributed by atoms with Crippen LogP contribution in [0.4, 0.5) is 0 Å². The average Bonchev–Trinajstić information content (AvgIpc) is 3.15. The van der Waals surface area contributed by atoms with Crippen LogP contribution in [0, 0.1) is 0 Å². The Bertz CT molecular complexity index is 995. The number of hydrogen-bond donors (Lipinski definition) is 4. The second-order valence-electron chi connectivity index (χ2n) is 7.33. The Kier molecular flexibility index (Phi) is 8.09. The van der Waals surface area contributed by atoms with E-state index in [1.54, 1.807) is 12.1 Å². The Morgan fingerprint density at radius 3 is 2.57 bits per heavy atom. The van der Waals surface area contributed by atoms with Crippen LogP contribution in [0.1, 0.15) is 36.8 Å². The third-order valence-corrected chi connectivity index (χ3v) is 5.03. The van der Waals surface area contributed by atoms with Crippen molar-refractivity contribution in [3.8, 4) is 5.75 Å². The molecular formula is C23H29N3O4. The lowest BCUT2D eigenvalue weighted by molar-refractivity contribution is -0.121. The van der Waals surface area contributed by atoms with Gasteiger partial charge in [0.05, 0.1) is 12.1 Å². The molecule has 2 aromatic carbocycles. The first kappa shape index (κ1) is 21.6. The van der Waals surface area contributed by atoms with Crippen molar-refractivity contribution in [1.82, 2.24) is 15.3 Å². The number of carbonyl (C=O) groups excluding carboxylic acids is 1. The lowest BCUT2D eigenvalue weighted by atomic mass is 10.1. The minimum atomic E-state index is -0.360. The highest BCUT2D eigenvalue weighted by Gasteiger charge is 2.09.